The van der Waals surface area contributed by atoms with E-state index in [0.717, 1.165) is 42.5 Å². The Morgan fingerprint density at radius 1 is 0.713 bits per heavy atom. The maximum absolute atomic E-state index is 14.8. The van der Waals surface area contributed by atoms with E-state index in [4.69, 9.17) is 10.2 Å². The summed E-state index contributed by atoms with van der Waals surface area (Å²) in [7, 11) is 0. The SMILES string of the molecule is CC(=O)NC(Cc1ccccc1)C(=O)N[C@@H](Cc1ccccc1)C(=O)NC[C@H](N)C(=O)N[C@@H](CC(=O)O)C(=O)N[C@@H](CSC1CC(=O)N(c2ccc(-c3c4cc(F)c(=O)cc-4oc4cc(O)c(F)cc34)c(C(=O)O)c2)C1=O)C(=O)O. The third-order valence-corrected chi connectivity index (χ3v) is 13.8. The minimum absolute atomic E-state index is 0.0493. The summed E-state index contributed by atoms with van der Waals surface area (Å²) in [6.45, 7) is 0.603. The summed E-state index contributed by atoms with van der Waals surface area (Å²) >= 11 is 0.595. The van der Waals surface area contributed by atoms with Crippen molar-refractivity contribution in [1.82, 2.24) is 26.6 Å². The van der Waals surface area contributed by atoms with E-state index in [1.165, 1.54) is 6.92 Å². The molecular formula is C54H49F2N7O16S. The number of amides is 7. The van der Waals surface area contributed by atoms with Crippen LogP contribution in [0.3, 0.4) is 0 Å². The Bertz CT molecular complexity index is 3480. The Morgan fingerprint density at radius 2 is 1.31 bits per heavy atom. The number of carbonyl (C=O) groups is 10. The fourth-order valence-corrected chi connectivity index (χ4v) is 9.81. The Kier molecular flexibility index (Phi) is 18.4. The molecule has 80 heavy (non-hydrogen) atoms. The third-order valence-electron chi connectivity index (χ3n) is 12.5. The first-order chi connectivity index (χ1) is 38.0. The van der Waals surface area contributed by atoms with Gasteiger partial charge in [-0.2, -0.15) is 0 Å². The zero-order valence-electron chi connectivity index (χ0n) is 41.9. The monoisotopic (exact) mass is 1120 g/mol. The number of benzene rings is 5. The molecule has 1 saturated heterocycles. The van der Waals surface area contributed by atoms with Gasteiger partial charge in [-0.25, -0.2) is 23.3 Å². The molecule has 11 N–H and O–H groups in total. The number of carboxylic acid groups (broad SMARTS) is 3. The summed E-state index contributed by atoms with van der Waals surface area (Å²) in [4.78, 5) is 143. The molecule has 1 aliphatic carbocycles. The highest BCUT2D eigenvalue weighted by Crippen LogP contribution is 2.44. The zero-order valence-corrected chi connectivity index (χ0v) is 42.7. The summed E-state index contributed by atoms with van der Waals surface area (Å²) in [5.74, 6) is -15.4. The number of hydrogen-bond acceptors (Lipinski definition) is 15. The molecule has 26 heteroatoms. The number of anilines is 1. The highest BCUT2D eigenvalue weighted by molar-refractivity contribution is 8.00. The number of halogens is 2. The van der Waals surface area contributed by atoms with Gasteiger partial charge in [0.05, 0.1) is 22.9 Å². The Balaban J connectivity index is 1.00. The molecule has 0 aromatic heterocycles. The van der Waals surface area contributed by atoms with E-state index < -0.39 is 148 Å². The van der Waals surface area contributed by atoms with Crippen LogP contribution in [0.25, 0.3) is 33.4 Å². The number of nitrogens with two attached hydrogens (primary N) is 1. The molecule has 7 amide bonds. The normalized spacial score (nSPS) is 15.1. The van der Waals surface area contributed by atoms with Gasteiger partial charge in [0.1, 0.15) is 41.6 Å². The van der Waals surface area contributed by atoms with E-state index >= 15 is 0 Å². The fraction of sp³-hybridized carbons (Fsp3) is 0.241. The molecule has 0 radical (unpaired) electrons. The van der Waals surface area contributed by atoms with E-state index in [1.54, 1.807) is 60.7 Å². The largest absolute Gasteiger partial charge is 0.505 e. The van der Waals surface area contributed by atoms with Crippen molar-refractivity contribution in [2.24, 2.45) is 5.73 Å². The lowest BCUT2D eigenvalue weighted by Crippen LogP contribution is -2.58. The third kappa shape index (κ3) is 13.9. The first-order valence-electron chi connectivity index (χ1n) is 24.2. The van der Waals surface area contributed by atoms with Gasteiger partial charge in [-0.3, -0.25) is 43.2 Å². The van der Waals surface area contributed by atoms with Crippen LogP contribution < -0.4 is 42.6 Å². The predicted octanol–water partition coefficient (Wildman–Crippen LogP) is 2.06. The number of phenols is 1. The number of thioether (sulfide) groups is 1. The van der Waals surface area contributed by atoms with Gasteiger partial charge in [-0.15, -0.1) is 11.8 Å². The van der Waals surface area contributed by atoms with Gasteiger partial charge < -0.3 is 57.2 Å². The number of rotatable bonds is 23. The molecule has 0 saturated carbocycles. The Labute approximate surface area is 455 Å². The standard InChI is InChI=1S/C54H49F2N7O16S/c1-25(64)59-37(15-27-10-6-3-7-11-27)50(72)61-36(14-26-8-4-2-5-9-26)49(71)58-23-35(57)48(70)60-38(19-46(68)69)51(73)62-39(54(77)78)24-80-44-22-45(67)63(52(44)74)28-12-13-29(30(16-28)53(75)76)47-31-17-33(55)40(65)20-42(31)79-43-21-41(66)34(56)18-32(43)47/h2-13,16-18,20-21,35-39,44,65H,14-15,19,22-24,57H2,1H3,(H,58,71)(H,59,64)(H,60,70)(H,61,72)(H,62,73)(H,68,69)(H,75,76)(H,77,78)/t35-,36-,37?,38-,39-,44?/m0/s1. The second kappa shape index (κ2) is 25.3. The predicted molar refractivity (Wildman–Crippen MR) is 281 cm³/mol. The molecule has 0 spiro atoms. The molecule has 4 aromatic carbocycles. The molecule has 3 aliphatic rings. The summed E-state index contributed by atoms with van der Waals surface area (Å²) in [5.41, 5.74) is 4.65. The van der Waals surface area contributed by atoms with Gasteiger partial charge in [0.2, 0.25) is 46.8 Å². The van der Waals surface area contributed by atoms with Crippen molar-refractivity contribution >= 4 is 87.7 Å². The molecule has 2 aliphatic heterocycles. The van der Waals surface area contributed by atoms with Gasteiger partial charge >= 0.3 is 17.9 Å². The van der Waals surface area contributed by atoms with Gasteiger partial charge in [0.25, 0.3) is 0 Å². The van der Waals surface area contributed by atoms with Crippen molar-refractivity contribution in [3.8, 4) is 28.2 Å². The highest BCUT2D eigenvalue weighted by atomic mass is 32.2. The first kappa shape index (κ1) is 58.1. The summed E-state index contributed by atoms with van der Waals surface area (Å²) in [6, 6.07) is 15.8. The van der Waals surface area contributed by atoms with Crippen molar-refractivity contribution in [2.75, 3.05) is 17.2 Å². The van der Waals surface area contributed by atoms with Gasteiger partial charge in [-0.1, -0.05) is 66.7 Å². The van der Waals surface area contributed by atoms with E-state index in [-0.39, 0.29) is 51.9 Å². The molecule has 2 unspecified atom stereocenters. The lowest BCUT2D eigenvalue weighted by atomic mass is 9.90. The minimum atomic E-state index is -1.96. The number of aliphatic carboxylic acids is 2. The number of fused-ring (bicyclic) bond motifs is 2. The van der Waals surface area contributed by atoms with Crippen molar-refractivity contribution in [1.29, 1.82) is 0 Å². The number of carboxylic acids is 3. The summed E-state index contributed by atoms with van der Waals surface area (Å²) < 4.78 is 35.2. The topological polar surface area (TPSA) is 371 Å². The molecule has 4 aromatic rings. The number of hydrogen-bond donors (Lipinski definition) is 10. The first-order valence-corrected chi connectivity index (χ1v) is 25.2. The molecule has 1 fully saturated rings. The van der Waals surface area contributed by atoms with E-state index in [1.807, 2.05) is 0 Å². The number of aromatic hydroxyl groups is 1. The fourth-order valence-electron chi connectivity index (χ4n) is 8.65. The molecular weight excluding hydrogens is 1070 g/mol. The zero-order chi connectivity index (χ0) is 58.1. The molecule has 7 rings (SSSR count). The van der Waals surface area contributed by atoms with E-state index in [9.17, 15) is 81.9 Å². The van der Waals surface area contributed by atoms with Crippen LogP contribution in [-0.2, 0) is 56.0 Å². The van der Waals surface area contributed by atoms with Crippen LogP contribution in [0.5, 0.6) is 5.75 Å². The maximum Gasteiger partial charge on any atom is 0.336 e. The van der Waals surface area contributed by atoms with Gasteiger partial charge in [0.15, 0.2) is 17.4 Å². The van der Waals surface area contributed by atoms with Crippen LogP contribution >= 0.6 is 11.8 Å². The van der Waals surface area contributed by atoms with Crippen molar-refractivity contribution in [2.45, 2.75) is 68.1 Å². The molecule has 6 atom stereocenters. The molecule has 2 heterocycles. The Hall–Kier alpha value is -9.56. The maximum atomic E-state index is 14.8. The van der Waals surface area contributed by atoms with Crippen molar-refractivity contribution < 1.29 is 81.6 Å². The smallest absolute Gasteiger partial charge is 0.336 e. The van der Waals surface area contributed by atoms with Crippen LogP contribution in [0, 0.1) is 11.6 Å². The Morgan fingerprint density at radius 3 is 1.91 bits per heavy atom. The highest BCUT2D eigenvalue weighted by Gasteiger charge is 2.42. The quantitative estimate of drug-likeness (QED) is 0.0324. The minimum Gasteiger partial charge on any atom is -0.505 e. The lowest BCUT2D eigenvalue weighted by molar-refractivity contribution is -0.143. The summed E-state index contributed by atoms with van der Waals surface area (Å²) in [5, 5.41) is 50.6. The van der Waals surface area contributed by atoms with Crippen LogP contribution in [0.4, 0.5) is 14.5 Å². The number of nitrogens with one attached hydrogen (secondary N) is 5. The number of phenolic OH excluding ortho intramolecular Hbond substituents is 1. The van der Waals surface area contributed by atoms with Gasteiger partial charge in [-0.05, 0) is 41.0 Å². The number of imide groups is 1. The molecule has 0 bridgehead atoms. The number of nitrogens with zero attached hydrogens (tertiary/aromatic N) is 1. The molecule has 416 valence electrons. The number of carbonyl (C=O) groups excluding carboxylic acids is 7. The summed E-state index contributed by atoms with van der Waals surface area (Å²) in [6.07, 6.45) is -1.62. The van der Waals surface area contributed by atoms with Crippen LogP contribution in [-0.4, -0.2) is 127 Å². The van der Waals surface area contributed by atoms with Crippen LogP contribution in [0.15, 0.2) is 112 Å². The average molecular weight is 1120 g/mol. The van der Waals surface area contributed by atoms with Crippen LogP contribution in [0.2, 0.25) is 0 Å². The second-order valence-electron chi connectivity index (χ2n) is 18.3. The van der Waals surface area contributed by atoms with E-state index in [2.05, 4.69) is 26.6 Å². The average Bonchev–Trinajstić information content (AvgIpc) is 3.69. The van der Waals surface area contributed by atoms with Crippen molar-refractivity contribution in [3.05, 3.63) is 142 Å². The van der Waals surface area contributed by atoms with Crippen LogP contribution in [0.1, 0.15) is 41.3 Å². The second-order valence-corrected chi connectivity index (χ2v) is 19.5. The lowest BCUT2D eigenvalue weighted by Gasteiger charge is -2.24. The van der Waals surface area contributed by atoms with Gasteiger partial charge in [0, 0.05) is 67.1 Å². The van der Waals surface area contributed by atoms with E-state index in [0.29, 0.717) is 27.8 Å². The van der Waals surface area contributed by atoms with Crippen molar-refractivity contribution in [3.63, 3.8) is 0 Å². The molecule has 23 nitrogen and oxygen atoms in total. The number of aromatic carboxylic acids is 1.